The number of nitrogens with zero attached hydrogens (tertiary/aromatic N) is 4. The molecule has 2 aromatic heterocycles. The molecule has 0 unspecified atom stereocenters. The number of amides is 1. The molecule has 1 aliphatic rings. The molecule has 1 aliphatic heterocycles. The lowest BCUT2D eigenvalue weighted by Gasteiger charge is -2.38. The molecular formula is C12H13BrN4OS. The number of aromatic nitrogens is 3. The number of likely N-dealkylation sites (tertiary alicyclic amines) is 1. The summed E-state index contributed by atoms with van der Waals surface area (Å²) >= 11 is 4.85. The molecule has 7 heteroatoms. The molecule has 100 valence electrons. The van der Waals surface area contributed by atoms with Crippen LogP contribution in [-0.2, 0) is 0 Å². The van der Waals surface area contributed by atoms with E-state index in [2.05, 4.69) is 26.0 Å². The van der Waals surface area contributed by atoms with Crippen molar-refractivity contribution in [3.05, 3.63) is 32.4 Å². The Hall–Kier alpha value is -1.21. The highest BCUT2D eigenvalue weighted by Gasteiger charge is 2.34. The van der Waals surface area contributed by atoms with E-state index in [1.165, 1.54) is 11.3 Å². The van der Waals surface area contributed by atoms with Crippen molar-refractivity contribution in [2.75, 3.05) is 13.1 Å². The van der Waals surface area contributed by atoms with Crippen LogP contribution in [0.4, 0.5) is 0 Å². The first kappa shape index (κ1) is 12.8. The fourth-order valence-electron chi connectivity index (χ4n) is 2.18. The third-order valence-corrected chi connectivity index (χ3v) is 4.66. The highest BCUT2D eigenvalue weighted by molar-refractivity contribution is 9.10. The van der Waals surface area contributed by atoms with Crippen LogP contribution < -0.4 is 0 Å². The molecule has 3 heterocycles. The summed E-state index contributed by atoms with van der Waals surface area (Å²) in [5.74, 6) is 0.0885. The van der Waals surface area contributed by atoms with Gasteiger partial charge in [0, 0.05) is 19.3 Å². The van der Waals surface area contributed by atoms with Gasteiger partial charge in [-0.05, 0) is 29.8 Å². The number of carbonyl (C=O) groups excluding carboxylic acids is 1. The molecule has 0 saturated carbocycles. The highest BCUT2D eigenvalue weighted by atomic mass is 79.9. The van der Waals surface area contributed by atoms with E-state index >= 15 is 0 Å². The summed E-state index contributed by atoms with van der Waals surface area (Å²) in [7, 11) is 0. The lowest BCUT2D eigenvalue weighted by molar-refractivity contribution is 0.0505. The van der Waals surface area contributed by atoms with Gasteiger partial charge >= 0.3 is 0 Å². The van der Waals surface area contributed by atoms with Crippen molar-refractivity contribution >= 4 is 33.2 Å². The van der Waals surface area contributed by atoms with Crippen LogP contribution in [-0.4, -0.2) is 38.7 Å². The molecule has 0 aliphatic carbocycles. The van der Waals surface area contributed by atoms with Crippen molar-refractivity contribution in [3.8, 4) is 0 Å². The van der Waals surface area contributed by atoms with Crippen LogP contribution in [0.5, 0.6) is 0 Å². The van der Waals surface area contributed by atoms with E-state index in [-0.39, 0.29) is 11.9 Å². The minimum atomic E-state index is 0.0885. The van der Waals surface area contributed by atoms with E-state index in [1.807, 2.05) is 29.6 Å². The van der Waals surface area contributed by atoms with Gasteiger partial charge in [0.15, 0.2) is 0 Å². The largest absolute Gasteiger partial charge is 0.333 e. The molecule has 0 N–H and O–H groups in total. The van der Waals surface area contributed by atoms with Crippen LogP contribution in [0.15, 0.2) is 16.9 Å². The van der Waals surface area contributed by atoms with E-state index in [0.29, 0.717) is 13.1 Å². The average molecular weight is 341 g/mol. The number of halogens is 1. The molecular weight excluding hydrogens is 328 g/mol. The summed E-state index contributed by atoms with van der Waals surface area (Å²) < 4.78 is 2.87. The second-order valence-corrected chi connectivity index (χ2v) is 6.77. The predicted octanol–water partition coefficient (Wildman–Crippen LogP) is 2.42. The quantitative estimate of drug-likeness (QED) is 0.843. The second-order valence-electron chi connectivity index (χ2n) is 4.65. The average Bonchev–Trinajstić information content (AvgIpc) is 2.83. The summed E-state index contributed by atoms with van der Waals surface area (Å²) in [4.78, 5) is 19.2. The molecule has 0 bridgehead atoms. The Bertz CT molecular complexity index is 629. The van der Waals surface area contributed by atoms with Crippen molar-refractivity contribution in [2.45, 2.75) is 19.9 Å². The molecule has 1 fully saturated rings. The fourth-order valence-corrected chi connectivity index (χ4v) is 3.37. The Kier molecular flexibility index (Phi) is 3.18. The minimum absolute atomic E-state index is 0.0885. The van der Waals surface area contributed by atoms with Crippen molar-refractivity contribution in [1.82, 2.24) is 19.7 Å². The Labute approximate surface area is 123 Å². The third kappa shape index (κ3) is 2.32. The predicted molar refractivity (Wildman–Crippen MR) is 76.5 cm³/mol. The van der Waals surface area contributed by atoms with Crippen molar-refractivity contribution in [3.63, 3.8) is 0 Å². The molecule has 1 amide bonds. The molecule has 0 radical (unpaired) electrons. The Morgan fingerprint density at radius 2 is 2.21 bits per heavy atom. The first-order chi connectivity index (χ1) is 9.04. The van der Waals surface area contributed by atoms with E-state index in [1.54, 1.807) is 6.20 Å². The zero-order valence-corrected chi connectivity index (χ0v) is 13.0. The van der Waals surface area contributed by atoms with Gasteiger partial charge in [-0.25, -0.2) is 4.98 Å². The van der Waals surface area contributed by atoms with Crippen LogP contribution in [0.25, 0.3) is 0 Å². The Morgan fingerprint density at radius 1 is 1.47 bits per heavy atom. The molecule has 0 atom stereocenters. The SMILES string of the molecule is Cc1nc(C)c(C(=O)N2CC(n3cc(Br)cn3)C2)s1. The Morgan fingerprint density at radius 3 is 2.74 bits per heavy atom. The van der Waals surface area contributed by atoms with E-state index in [0.717, 1.165) is 20.1 Å². The van der Waals surface area contributed by atoms with Crippen molar-refractivity contribution < 1.29 is 4.79 Å². The first-order valence-electron chi connectivity index (χ1n) is 5.97. The molecule has 0 aromatic carbocycles. The van der Waals surface area contributed by atoms with Gasteiger partial charge in [-0.2, -0.15) is 5.10 Å². The van der Waals surface area contributed by atoms with Gasteiger partial charge in [0.1, 0.15) is 4.88 Å². The van der Waals surface area contributed by atoms with Gasteiger partial charge in [-0.3, -0.25) is 9.48 Å². The number of carbonyl (C=O) groups is 1. The van der Waals surface area contributed by atoms with Crippen LogP contribution in [0, 0.1) is 13.8 Å². The highest BCUT2D eigenvalue weighted by Crippen LogP contribution is 2.27. The molecule has 3 rings (SSSR count). The molecule has 5 nitrogen and oxygen atoms in total. The number of thiazole rings is 1. The summed E-state index contributed by atoms with van der Waals surface area (Å²) in [6, 6.07) is 0.282. The summed E-state index contributed by atoms with van der Waals surface area (Å²) in [5, 5.41) is 5.19. The number of rotatable bonds is 2. The van der Waals surface area contributed by atoms with Crippen LogP contribution in [0.1, 0.15) is 26.4 Å². The summed E-state index contributed by atoms with van der Waals surface area (Å²) in [5.41, 5.74) is 0.831. The van der Waals surface area contributed by atoms with Crippen molar-refractivity contribution in [1.29, 1.82) is 0 Å². The zero-order chi connectivity index (χ0) is 13.6. The lowest BCUT2D eigenvalue weighted by Crippen LogP contribution is -2.50. The standard InChI is InChI=1S/C12H13BrN4OS/c1-7-11(19-8(2)15-7)12(18)16-5-10(6-16)17-4-9(13)3-14-17/h3-4,10H,5-6H2,1-2H3. The smallest absolute Gasteiger partial charge is 0.266 e. The zero-order valence-electron chi connectivity index (χ0n) is 10.6. The maximum Gasteiger partial charge on any atom is 0.266 e. The molecule has 19 heavy (non-hydrogen) atoms. The van der Waals surface area contributed by atoms with Crippen molar-refractivity contribution in [2.24, 2.45) is 0 Å². The number of aryl methyl sites for hydroxylation is 2. The monoisotopic (exact) mass is 340 g/mol. The topological polar surface area (TPSA) is 51.0 Å². The maximum atomic E-state index is 12.3. The first-order valence-corrected chi connectivity index (χ1v) is 7.58. The van der Waals surface area contributed by atoms with Crippen LogP contribution in [0.3, 0.4) is 0 Å². The van der Waals surface area contributed by atoms with Gasteiger partial charge in [0.25, 0.3) is 5.91 Å². The normalized spacial score (nSPS) is 15.6. The van der Waals surface area contributed by atoms with Gasteiger partial charge in [-0.15, -0.1) is 11.3 Å². The minimum Gasteiger partial charge on any atom is -0.333 e. The van der Waals surface area contributed by atoms with E-state index in [4.69, 9.17) is 0 Å². The van der Waals surface area contributed by atoms with Gasteiger partial charge < -0.3 is 4.90 Å². The van der Waals surface area contributed by atoms with Gasteiger partial charge in [0.05, 0.1) is 27.4 Å². The Balaban J connectivity index is 1.67. The number of hydrogen-bond donors (Lipinski definition) is 0. The van der Waals surface area contributed by atoms with Gasteiger partial charge in [0.2, 0.25) is 0 Å². The fraction of sp³-hybridized carbons (Fsp3) is 0.417. The lowest BCUT2D eigenvalue weighted by atomic mass is 10.1. The second kappa shape index (κ2) is 4.72. The van der Waals surface area contributed by atoms with Crippen LogP contribution in [0.2, 0.25) is 0 Å². The van der Waals surface area contributed by atoms with E-state index in [9.17, 15) is 4.79 Å². The number of hydrogen-bond acceptors (Lipinski definition) is 4. The molecule has 0 spiro atoms. The maximum absolute atomic E-state index is 12.3. The van der Waals surface area contributed by atoms with Gasteiger partial charge in [-0.1, -0.05) is 0 Å². The third-order valence-electron chi connectivity index (χ3n) is 3.19. The summed E-state index contributed by atoms with van der Waals surface area (Å²) in [6.45, 7) is 5.24. The molecule has 1 saturated heterocycles. The molecule has 2 aromatic rings. The van der Waals surface area contributed by atoms with E-state index < -0.39 is 0 Å². The summed E-state index contributed by atoms with van der Waals surface area (Å²) in [6.07, 6.45) is 3.70. The van der Waals surface area contributed by atoms with Crippen LogP contribution >= 0.6 is 27.3 Å².